The molecule has 1 heterocycles. The fraction of sp³-hybridized carbons (Fsp3) is 0.111. The number of para-hydroxylation sites is 1. The lowest BCUT2D eigenvalue weighted by atomic mass is 10.1. The Morgan fingerprint density at radius 3 is 2.54 bits per heavy atom. The van der Waals surface area contributed by atoms with Gasteiger partial charge in [0.2, 0.25) is 0 Å². The summed E-state index contributed by atoms with van der Waals surface area (Å²) in [6, 6.07) is 11.6. The van der Waals surface area contributed by atoms with Gasteiger partial charge in [0.25, 0.3) is 5.91 Å². The number of pyridine rings is 1. The number of nitrogens with zero attached hydrogens (tertiary/aromatic N) is 1. The Kier molecular flexibility index (Phi) is 4.66. The van der Waals surface area contributed by atoms with Crippen molar-refractivity contribution in [1.82, 2.24) is 4.98 Å². The minimum Gasteiger partial charge on any atom is -0.483 e. The van der Waals surface area contributed by atoms with Gasteiger partial charge in [0.05, 0.1) is 11.1 Å². The average molecular weight is 361 g/mol. The van der Waals surface area contributed by atoms with E-state index < -0.39 is 17.6 Å². The van der Waals surface area contributed by atoms with E-state index >= 15 is 0 Å². The molecule has 26 heavy (non-hydrogen) atoms. The Hall–Kier alpha value is -3.29. The van der Waals surface area contributed by atoms with Crippen molar-refractivity contribution in [2.75, 3.05) is 17.7 Å². The standard InChI is InChI=1S/C18H14F3N3O2/c19-18(20,21)14-3-1-2-13-15(8-9-23-17(13)14)26-10-16(25)24-12-6-4-11(22)5-7-12/h1-9H,10,22H2,(H,24,25). The molecule has 0 spiro atoms. The highest BCUT2D eigenvalue weighted by Crippen LogP contribution is 2.36. The van der Waals surface area contributed by atoms with Crippen LogP contribution < -0.4 is 15.8 Å². The molecule has 0 aliphatic rings. The molecule has 3 aromatic rings. The lowest BCUT2D eigenvalue weighted by Crippen LogP contribution is -2.20. The highest BCUT2D eigenvalue weighted by molar-refractivity contribution is 5.93. The summed E-state index contributed by atoms with van der Waals surface area (Å²) in [6.07, 6.45) is -3.32. The van der Waals surface area contributed by atoms with Crippen LogP contribution in [0.3, 0.4) is 0 Å². The summed E-state index contributed by atoms with van der Waals surface area (Å²) >= 11 is 0. The quantitative estimate of drug-likeness (QED) is 0.692. The molecule has 0 bridgehead atoms. The van der Waals surface area contributed by atoms with E-state index in [1.807, 2.05) is 0 Å². The molecule has 0 fully saturated rings. The number of fused-ring (bicyclic) bond motifs is 1. The molecule has 2 aromatic carbocycles. The molecule has 0 radical (unpaired) electrons. The van der Waals surface area contributed by atoms with Crippen molar-refractivity contribution in [3.63, 3.8) is 0 Å². The van der Waals surface area contributed by atoms with E-state index in [0.717, 1.165) is 6.07 Å². The molecule has 1 aromatic heterocycles. The Labute approximate surface area is 146 Å². The first-order chi connectivity index (χ1) is 12.3. The van der Waals surface area contributed by atoms with Gasteiger partial charge < -0.3 is 15.8 Å². The molecule has 0 saturated heterocycles. The van der Waals surface area contributed by atoms with E-state index in [-0.39, 0.29) is 23.3 Å². The van der Waals surface area contributed by atoms with E-state index in [1.165, 1.54) is 24.4 Å². The van der Waals surface area contributed by atoms with Crippen LogP contribution in [0.2, 0.25) is 0 Å². The van der Waals surface area contributed by atoms with Gasteiger partial charge in [-0.1, -0.05) is 6.07 Å². The number of anilines is 2. The van der Waals surface area contributed by atoms with Crippen LogP contribution in [0.4, 0.5) is 24.5 Å². The van der Waals surface area contributed by atoms with Crippen LogP contribution in [-0.4, -0.2) is 17.5 Å². The SMILES string of the molecule is Nc1ccc(NC(=O)COc2ccnc3c(C(F)(F)F)cccc23)cc1. The van der Waals surface area contributed by atoms with Crippen molar-refractivity contribution in [3.05, 3.63) is 60.3 Å². The fourth-order valence-electron chi connectivity index (χ4n) is 2.41. The average Bonchev–Trinajstić information content (AvgIpc) is 2.60. The molecule has 0 saturated carbocycles. The third kappa shape index (κ3) is 3.85. The topological polar surface area (TPSA) is 77.2 Å². The van der Waals surface area contributed by atoms with E-state index in [4.69, 9.17) is 10.5 Å². The molecule has 0 aliphatic heterocycles. The van der Waals surface area contributed by atoms with Gasteiger partial charge in [-0.05, 0) is 42.5 Å². The molecule has 0 aliphatic carbocycles. The number of carbonyl (C=O) groups excluding carboxylic acids is 1. The molecular formula is C18H14F3N3O2. The van der Waals surface area contributed by atoms with Gasteiger partial charge in [-0.2, -0.15) is 13.2 Å². The van der Waals surface area contributed by atoms with Crippen LogP contribution in [-0.2, 0) is 11.0 Å². The first-order valence-electron chi connectivity index (χ1n) is 7.58. The Balaban J connectivity index is 1.77. The molecule has 5 nitrogen and oxygen atoms in total. The number of benzene rings is 2. The smallest absolute Gasteiger partial charge is 0.418 e. The number of nitrogens with two attached hydrogens (primary N) is 1. The maximum Gasteiger partial charge on any atom is 0.418 e. The maximum atomic E-state index is 13.1. The van der Waals surface area contributed by atoms with E-state index in [0.29, 0.717) is 11.4 Å². The van der Waals surface area contributed by atoms with Crippen molar-refractivity contribution in [2.24, 2.45) is 0 Å². The van der Waals surface area contributed by atoms with Gasteiger partial charge >= 0.3 is 6.18 Å². The number of nitrogen functional groups attached to an aromatic ring is 1. The van der Waals surface area contributed by atoms with Crippen molar-refractivity contribution in [1.29, 1.82) is 0 Å². The van der Waals surface area contributed by atoms with E-state index in [2.05, 4.69) is 10.3 Å². The minimum absolute atomic E-state index is 0.147. The number of halogens is 3. The van der Waals surface area contributed by atoms with Crippen molar-refractivity contribution < 1.29 is 22.7 Å². The monoisotopic (exact) mass is 361 g/mol. The van der Waals surface area contributed by atoms with Gasteiger partial charge in [-0.3, -0.25) is 9.78 Å². The molecule has 0 unspecified atom stereocenters. The Morgan fingerprint density at radius 2 is 1.85 bits per heavy atom. The number of carbonyl (C=O) groups is 1. The van der Waals surface area contributed by atoms with Gasteiger partial charge in [0.1, 0.15) is 5.75 Å². The van der Waals surface area contributed by atoms with Crippen LogP contribution in [0.5, 0.6) is 5.75 Å². The zero-order chi connectivity index (χ0) is 18.7. The number of hydrogen-bond acceptors (Lipinski definition) is 4. The molecule has 134 valence electrons. The molecule has 3 N–H and O–H groups in total. The third-order valence-electron chi connectivity index (χ3n) is 3.59. The summed E-state index contributed by atoms with van der Waals surface area (Å²) in [6.45, 7) is -0.361. The number of rotatable bonds is 4. The second-order valence-electron chi connectivity index (χ2n) is 5.47. The molecule has 1 amide bonds. The molecule has 0 atom stereocenters. The number of nitrogens with one attached hydrogen (secondary N) is 1. The van der Waals surface area contributed by atoms with Gasteiger partial charge in [0.15, 0.2) is 6.61 Å². The largest absolute Gasteiger partial charge is 0.483 e. The second-order valence-corrected chi connectivity index (χ2v) is 5.47. The van der Waals surface area contributed by atoms with Gasteiger partial charge in [-0.15, -0.1) is 0 Å². The summed E-state index contributed by atoms with van der Waals surface area (Å²) in [7, 11) is 0. The Bertz CT molecular complexity index is 941. The van der Waals surface area contributed by atoms with Crippen molar-refractivity contribution in [3.8, 4) is 5.75 Å². The molecule has 8 heteroatoms. The second kappa shape index (κ2) is 6.91. The zero-order valence-electron chi connectivity index (χ0n) is 13.4. The van der Waals surface area contributed by atoms with Crippen LogP contribution in [0.15, 0.2) is 54.7 Å². The van der Waals surface area contributed by atoms with Gasteiger partial charge in [0, 0.05) is 23.0 Å². The van der Waals surface area contributed by atoms with Crippen molar-refractivity contribution in [2.45, 2.75) is 6.18 Å². The van der Waals surface area contributed by atoms with Crippen molar-refractivity contribution >= 4 is 28.2 Å². The van der Waals surface area contributed by atoms with Crippen LogP contribution in [0.25, 0.3) is 10.9 Å². The highest BCUT2D eigenvalue weighted by Gasteiger charge is 2.33. The predicted molar refractivity (Wildman–Crippen MR) is 91.7 cm³/mol. The summed E-state index contributed by atoms with van der Waals surface area (Å²) in [4.78, 5) is 15.8. The number of alkyl halides is 3. The Morgan fingerprint density at radius 1 is 1.12 bits per heavy atom. The number of amides is 1. The minimum atomic E-state index is -4.53. The summed E-state index contributed by atoms with van der Waals surface area (Å²) in [5.41, 5.74) is 5.58. The molecular weight excluding hydrogens is 347 g/mol. The third-order valence-corrected chi connectivity index (χ3v) is 3.59. The number of hydrogen-bond donors (Lipinski definition) is 2. The lowest BCUT2D eigenvalue weighted by Gasteiger charge is -2.13. The highest BCUT2D eigenvalue weighted by atomic mass is 19.4. The van der Waals surface area contributed by atoms with E-state index in [1.54, 1.807) is 24.3 Å². The van der Waals surface area contributed by atoms with E-state index in [9.17, 15) is 18.0 Å². The van der Waals surface area contributed by atoms with Gasteiger partial charge in [-0.25, -0.2) is 0 Å². The lowest BCUT2D eigenvalue weighted by molar-refractivity contribution is -0.136. The first kappa shape index (κ1) is 17.5. The zero-order valence-corrected chi connectivity index (χ0v) is 13.4. The predicted octanol–water partition coefficient (Wildman–Crippen LogP) is 3.85. The van der Waals surface area contributed by atoms with Crippen LogP contribution >= 0.6 is 0 Å². The normalized spacial score (nSPS) is 11.3. The number of aromatic nitrogens is 1. The summed E-state index contributed by atoms with van der Waals surface area (Å²) in [5, 5.41) is 2.79. The fourth-order valence-corrected chi connectivity index (χ4v) is 2.41. The molecule has 3 rings (SSSR count). The number of ether oxygens (including phenoxy) is 1. The maximum absolute atomic E-state index is 13.1. The first-order valence-corrected chi connectivity index (χ1v) is 7.58. The summed E-state index contributed by atoms with van der Waals surface area (Å²) in [5.74, 6) is -0.305. The van der Waals surface area contributed by atoms with Crippen LogP contribution in [0, 0.1) is 0 Å². The summed E-state index contributed by atoms with van der Waals surface area (Å²) < 4.78 is 44.6. The van der Waals surface area contributed by atoms with Crippen LogP contribution in [0.1, 0.15) is 5.56 Å².